The van der Waals surface area contributed by atoms with E-state index >= 15 is 0 Å². The van der Waals surface area contributed by atoms with E-state index in [9.17, 15) is 14.0 Å². The summed E-state index contributed by atoms with van der Waals surface area (Å²) in [6.07, 6.45) is 0. The maximum Gasteiger partial charge on any atom is 0.286 e. The van der Waals surface area contributed by atoms with Crippen molar-refractivity contribution in [1.82, 2.24) is 15.5 Å². The maximum absolute atomic E-state index is 13.6. The molecular formula is C18H15FN4O3S. The third-order valence-electron chi connectivity index (χ3n) is 3.56. The van der Waals surface area contributed by atoms with Crippen molar-refractivity contribution in [1.29, 1.82) is 0 Å². The number of benzene rings is 2. The van der Waals surface area contributed by atoms with Gasteiger partial charge in [-0.25, -0.2) is 4.39 Å². The van der Waals surface area contributed by atoms with Crippen molar-refractivity contribution in [2.45, 2.75) is 6.54 Å². The van der Waals surface area contributed by atoms with Gasteiger partial charge in [-0.1, -0.05) is 29.5 Å². The quantitative estimate of drug-likeness (QED) is 0.680. The van der Waals surface area contributed by atoms with Gasteiger partial charge in [-0.3, -0.25) is 9.59 Å². The number of methoxy groups -OCH3 is 1. The lowest BCUT2D eigenvalue weighted by molar-refractivity contribution is 0.0948. The van der Waals surface area contributed by atoms with Crippen LogP contribution in [0.25, 0.3) is 0 Å². The van der Waals surface area contributed by atoms with Crippen LogP contribution in [-0.2, 0) is 6.54 Å². The highest BCUT2D eigenvalue weighted by Gasteiger charge is 2.18. The predicted octanol–water partition coefficient (Wildman–Crippen LogP) is 2.87. The minimum absolute atomic E-state index is 0.0124. The highest BCUT2D eigenvalue weighted by Crippen LogP contribution is 2.17. The number of hydrogen-bond acceptors (Lipinski definition) is 6. The van der Waals surface area contributed by atoms with Gasteiger partial charge >= 0.3 is 0 Å². The SMILES string of the molecule is COc1ccc(NC(=O)c2nnc(C(=O)NCc3ccccc3F)s2)cc1. The first-order valence-electron chi connectivity index (χ1n) is 7.87. The lowest BCUT2D eigenvalue weighted by Crippen LogP contribution is -2.23. The van der Waals surface area contributed by atoms with Crippen molar-refractivity contribution < 1.29 is 18.7 Å². The lowest BCUT2D eigenvalue weighted by Gasteiger charge is -2.04. The van der Waals surface area contributed by atoms with E-state index in [0.29, 0.717) is 17.0 Å². The van der Waals surface area contributed by atoms with Crippen molar-refractivity contribution in [2.75, 3.05) is 12.4 Å². The third-order valence-corrected chi connectivity index (χ3v) is 4.48. The number of anilines is 1. The fourth-order valence-corrected chi connectivity index (χ4v) is 2.81. The Balaban J connectivity index is 1.60. The zero-order valence-electron chi connectivity index (χ0n) is 14.2. The maximum atomic E-state index is 13.6. The molecule has 27 heavy (non-hydrogen) atoms. The number of carbonyl (C=O) groups excluding carboxylic acids is 2. The molecule has 0 atom stereocenters. The number of nitrogens with zero attached hydrogens (tertiary/aromatic N) is 2. The Morgan fingerprint density at radius 3 is 2.37 bits per heavy atom. The molecule has 2 aromatic carbocycles. The Morgan fingerprint density at radius 1 is 1.04 bits per heavy atom. The molecule has 2 N–H and O–H groups in total. The molecule has 0 fully saturated rings. The summed E-state index contributed by atoms with van der Waals surface area (Å²) in [6, 6.07) is 12.9. The van der Waals surface area contributed by atoms with Gasteiger partial charge < -0.3 is 15.4 Å². The summed E-state index contributed by atoms with van der Waals surface area (Å²) < 4.78 is 18.6. The molecule has 7 nitrogen and oxygen atoms in total. The largest absolute Gasteiger partial charge is 0.497 e. The zero-order valence-corrected chi connectivity index (χ0v) is 15.0. The molecule has 9 heteroatoms. The number of hydrogen-bond donors (Lipinski definition) is 2. The summed E-state index contributed by atoms with van der Waals surface area (Å²) in [7, 11) is 1.55. The van der Waals surface area contributed by atoms with Gasteiger partial charge in [0, 0.05) is 17.8 Å². The summed E-state index contributed by atoms with van der Waals surface area (Å²) in [6.45, 7) is 0.0124. The van der Waals surface area contributed by atoms with Crippen molar-refractivity contribution >= 4 is 28.8 Å². The molecule has 0 aliphatic heterocycles. The van der Waals surface area contributed by atoms with E-state index in [1.165, 1.54) is 6.07 Å². The van der Waals surface area contributed by atoms with Crippen LogP contribution in [0.3, 0.4) is 0 Å². The molecular weight excluding hydrogens is 371 g/mol. The van der Waals surface area contributed by atoms with Crippen LogP contribution in [0, 0.1) is 5.82 Å². The van der Waals surface area contributed by atoms with Crippen LogP contribution in [0.1, 0.15) is 25.2 Å². The Morgan fingerprint density at radius 2 is 1.70 bits per heavy atom. The van der Waals surface area contributed by atoms with Gasteiger partial charge in [0.05, 0.1) is 7.11 Å². The van der Waals surface area contributed by atoms with E-state index in [1.54, 1.807) is 49.6 Å². The smallest absolute Gasteiger partial charge is 0.286 e. The van der Waals surface area contributed by atoms with E-state index in [-0.39, 0.29) is 16.6 Å². The van der Waals surface area contributed by atoms with Crippen LogP contribution in [0.5, 0.6) is 5.75 Å². The lowest BCUT2D eigenvalue weighted by atomic mass is 10.2. The predicted molar refractivity (Wildman–Crippen MR) is 98.4 cm³/mol. The van der Waals surface area contributed by atoms with Crippen LogP contribution >= 0.6 is 11.3 Å². The van der Waals surface area contributed by atoms with E-state index < -0.39 is 17.6 Å². The third kappa shape index (κ3) is 4.64. The second kappa shape index (κ2) is 8.37. The highest BCUT2D eigenvalue weighted by molar-refractivity contribution is 7.15. The first-order valence-corrected chi connectivity index (χ1v) is 8.69. The van der Waals surface area contributed by atoms with Crippen molar-refractivity contribution in [3.8, 4) is 5.75 Å². The molecule has 0 aliphatic rings. The molecule has 0 spiro atoms. The first kappa shape index (κ1) is 18.5. The number of nitrogens with one attached hydrogen (secondary N) is 2. The summed E-state index contributed by atoms with van der Waals surface area (Å²) in [4.78, 5) is 24.3. The molecule has 0 aliphatic carbocycles. The molecule has 0 saturated carbocycles. The average molecular weight is 386 g/mol. The van der Waals surface area contributed by atoms with Gasteiger partial charge in [0.1, 0.15) is 11.6 Å². The molecule has 1 aromatic heterocycles. The normalized spacial score (nSPS) is 10.3. The van der Waals surface area contributed by atoms with Crippen LogP contribution in [0.4, 0.5) is 10.1 Å². The van der Waals surface area contributed by atoms with Crippen LogP contribution < -0.4 is 15.4 Å². The van der Waals surface area contributed by atoms with Gasteiger partial charge in [0.15, 0.2) is 0 Å². The van der Waals surface area contributed by atoms with Gasteiger partial charge in [-0.05, 0) is 30.3 Å². The zero-order chi connectivity index (χ0) is 19.2. The molecule has 3 aromatic rings. The van der Waals surface area contributed by atoms with Crippen LogP contribution in [0.15, 0.2) is 48.5 Å². The summed E-state index contributed by atoms with van der Waals surface area (Å²) in [5, 5.41) is 12.7. The van der Waals surface area contributed by atoms with Crippen molar-refractivity contribution in [2.24, 2.45) is 0 Å². The van der Waals surface area contributed by atoms with Crippen molar-refractivity contribution in [3.63, 3.8) is 0 Å². The van der Waals surface area contributed by atoms with Crippen LogP contribution in [0.2, 0.25) is 0 Å². The summed E-state index contributed by atoms with van der Waals surface area (Å²) in [5.74, 6) is -0.752. The minimum Gasteiger partial charge on any atom is -0.497 e. The minimum atomic E-state index is -0.528. The van der Waals surface area contributed by atoms with E-state index in [1.807, 2.05) is 0 Å². The molecule has 0 radical (unpaired) electrons. The molecule has 138 valence electrons. The highest BCUT2D eigenvalue weighted by atomic mass is 32.1. The van der Waals surface area contributed by atoms with E-state index in [2.05, 4.69) is 20.8 Å². The Hall–Kier alpha value is -3.33. The fraction of sp³-hybridized carbons (Fsp3) is 0.111. The second-order valence-electron chi connectivity index (χ2n) is 5.37. The molecule has 0 unspecified atom stereocenters. The number of rotatable bonds is 6. The molecule has 0 saturated heterocycles. The number of ether oxygens (including phenoxy) is 1. The average Bonchev–Trinajstić information content (AvgIpc) is 3.18. The van der Waals surface area contributed by atoms with Gasteiger partial charge in [0.2, 0.25) is 10.0 Å². The molecule has 1 heterocycles. The number of carbonyl (C=O) groups is 2. The molecule has 0 bridgehead atoms. The summed E-state index contributed by atoms with van der Waals surface area (Å²) in [5.41, 5.74) is 0.911. The van der Waals surface area contributed by atoms with Crippen LogP contribution in [-0.4, -0.2) is 29.1 Å². The fourth-order valence-electron chi connectivity index (χ4n) is 2.16. The number of aromatic nitrogens is 2. The van der Waals surface area contributed by atoms with Gasteiger partial charge in [-0.2, -0.15) is 0 Å². The van der Waals surface area contributed by atoms with E-state index in [4.69, 9.17) is 4.74 Å². The molecule has 3 rings (SSSR count). The van der Waals surface area contributed by atoms with Gasteiger partial charge in [0.25, 0.3) is 11.8 Å². The Labute approximate surface area is 158 Å². The van der Waals surface area contributed by atoms with E-state index in [0.717, 1.165) is 11.3 Å². The van der Waals surface area contributed by atoms with Gasteiger partial charge in [-0.15, -0.1) is 10.2 Å². The summed E-state index contributed by atoms with van der Waals surface area (Å²) >= 11 is 0.851. The second-order valence-corrected chi connectivity index (χ2v) is 6.35. The standard InChI is InChI=1S/C18H15FN4O3S/c1-26-13-8-6-12(7-9-13)21-16(25)18-23-22-17(27-18)15(24)20-10-11-4-2-3-5-14(11)19/h2-9H,10H2,1H3,(H,20,24)(H,21,25). The van der Waals surface area contributed by atoms with Crippen molar-refractivity contribution in [3.05, 3.63) is 69.9 Å². The monoisotopic (exact) mass is 386 g/mol. The topological polar surface area (TPSA) is 93.2 Å². The number of halogens is 1. The first-order chi connectivity index (χ1) is 13.1. The number of amides is 2. The Kier molecular flexibility index (Phi) is 5.72. The Bertz CT molecular complexity index is 959. The molecule has 2 amide bonds.